The molecular formula is C13H11N7O4S2. The Morgan fingerprint density at radius 2 is 2.27 bits per heavy atom. The van der Waals surface area contributed by atoms with Gasteiger partial charge in [0.1, 0.15) is 17.6 Å². The molecule has 0 aliphatic heterocycles. The van der Waals surface area contributed by atoms with Crippen molar-refractivity contribution in [2.75, 3.05) is 18.2 Å². The van der Waals surface area contributed by atoms with Gasteiger partial charge in [0.25, 0.3) is 0 Å². The van der Waals surface area contributed by atoms with Gasteiger partial charge in [0.05, 0.1) is 17.8 Å². The number of benzene rings is 1. The second-order valence-electron chi connectivity index (χ2n) is 4.64. The molecule has 2 heterocycles. The van der Waals surface area contributed by atoms with Gasteiger partial charge in [0.2, 0.25) is 11.1 Å². The SMILES string of the molecule is COc1ccccc1-n1nnnc1SCC(=O)Nc1ncc([N+](=O)[O-])s1. The summed E-state index contributed by atoms with van der Waals surface area (Å²) < 4.78 is 6.75. The van der Waals surface area contributed by atoms with Gasteiger partial charge in [-0.05, 0) is 33.9 Å². The van der Waals surface area contributed by atoms with Crippen LogP contribution in [0.4, 0.5) is 10.1 Å². The van der Waals surface area contributed by atoms with Gasteiger partial charge in [-0.2, -0.15) is 4.68 Å². The van der Waals surface area contributed by atoms with E-state index in [2.05, 4.69) is 25.8 Å². The van der Waals surface area contributed by atoms with E-state index in [0.29, 0.717) is 16.6 Å². The van der Waals surface area contributed by atoms with Crippen molar-refractivity contribution in [3.05, 3.63) is 40.6 Å². The molecule has 0 bridgehead atoms. The summed E-state index contributed by atoms with van der Waals surface area (Å²) in [4.78, 5) is 25.9. The minimum Gasteiger partial charge on any atom is -0.494 e. The Bertz CT molecular complexity index is 942. The van der Waals surface area contributed by atoms with E-state index in [9.17, 15) is 14.9 Å². The number of hydrogen-bond acceptors (Lipinski definition) is 10. The Kier molecular flexibility index (Phi) is 5.38. The Balaban J connectivity index is 1.66. The number of ether oxygens (including phenoxy) is 1. The van der Waals surface area contributed by atoms with Gasteiger partial charge in [0.15, 0.2) is 5.13 Å². The lowest BCUT2D eigenvalue weighted by Gasteiger charge is -2.08. The highest BCUT2D eigenvalue weighted by atomic mass is 32.2. The number of methoxy groups -OCH3 is 1. The first-order chi connectivity index (χ1) is 12.6. The van der Waals surface area contributed by atoms with Crippen LogP contribution in [0.3, 0.4) is 0 Å². The molecule has 1 N–H and O–H groups in total. The van der Waals surface area contributed by atoms with Crippen LogP contribution in [0.2, 0.25) is 0 Å². The van der Waals surface area contributed by atoms with Gasteiger partial charge in [-0.3, -0.25) is 14.9 Å². The molecule has 134 valence electrons. The first kappa shape index (κ1) is 17.8. The maximum atomic E-state index is 12.0. The van der Waals surface area contributed by atoms with Gasteiger partial charge in [-0.15, -0.1) is 5.10 Å². The monoisotopic (exact) mass is 393 g/mol. The molecule has 0 spiro atoms. The van der Waals surface area contributed by atoms with E-state index in [0.717, 1.165) is 29.3 Å². The largest absolute Gasteiger partial charge is 0.494 e. The van der Waals surface area contributed by atoms with E-state index in [1.165, 1.54) is 11.8 Å². The molecule has 0 aliphatic rings. The van der Waals surface area contributed by atoms with E-state index in [-0.39, 0.29) is 21.8 Å². The highest BCUT2D eigenvalue weighted by Gasteiger charge is 2.16. The zero-order valence-corrected chi connectivity index (χ0v) is 14.9. The molecule has 1 amide bonds. The van der Waals surface area contributed by atoms with Gasteiger partial charge < -0.3 is 10.1 Å². The van der Waals surface area contributed by atoms with Crippen molar-refractivity contribution >= 4 is 39.1 Å². The lowest BCUT2D eigenvalue weighted by molar-refractivity contribution is -0.380. The fraction of sp³-hybridized carbons (Fsp3) is 0.154. The van der Waals surface area contributed by atoms with Crippen molar-refractivity contribution in [1.82, 2.24) is 25.2 Å². The Labute approximate surface area is 154 Å². The molecule has 11 nitrogen and oxygen atoms in total. The van der Waals surface area contributed by atoms with Gasteiger partial charge in [0, 0.05) is 0 Å². The molecule has 0 saturated heterocycles. The van der Waals surface area contributed by atoms with Gasteiger partial charge in [-0.25, -0.2) is 4.98 Å². The number of nitro groups is 1. The number of hydrogen-bond donors (Lipinski definition) is 1. The van der Waals surface area contributed by atoms with E-state index in [1.807, 2.05) is 12.1 Å². The van der Waals surface area contributed by atoms with Crippen LogP contribution in [0, 0.1) is 10.1 Å². The Morgan fingerprint density at radius 3 is 3.00 bits per heavy atom. The van der Waals surface area contributed by atoms with E-state index in [1.54, 1.807) is 12.1 Å². The zero-order chi connectivity index (χ0) is 18.5. The number of aromatic nitrogens is 5. The molecule has 3 rings (SSSR count). The topological polar surface area (TPSA) is 138 Å². The Hall–Kier alpha value is -3.06. The maximum absolute atomic E-state index is 12.0. The molecule has 0 fully saturated rings. The average Bonchev–Trinajstić information content (AvgIpc) is 3.29. The van der Waals surface area contributed by atoms with Crippen molar-refractivity contribution in [3.8, 4) is 11.4 Å². The molecular weight excluding hydrogens is 382 g/mol. The number of thiazole rings is 1. The van der Waals surface area contributed by atoms with E-state index < -0.39 is 4.92 Å². The molecule has 0 saturated carbocycles. The van der Waals surface area contributed by atoms with Crippen molar-refractivity contribution in [2.45, 2.75) is 5.16 Å². The number of tetrazole rings is 1. The number of carbonyl (C=O) groups is 1. The Morgan fingerprint density at radius 1 is 1.46 bits per heavy atom. The van der Waals surface area contributed by atoms with Crippen LogP contribution in [-0.4, -0.2) is 48.9 Å². The van der Waals surface area contributed by atoms with Crippen LogP contribution >= 0.6 is 23.1 Å². The van der Waals surface area contributed by atoms with Crippen molar-refractivity contribution in [2.24, 2.45) is 0 Å². The summed E-state index contributed by atoms with van der Waals surface area (Å²) in [5.74, 6) is 0.207. The number of para-hydroxylation sites is 2. The molecule has 0 radical (unpaired) electrons. The third-order valence-electron chi connectivity index (χ3n) is 3.01. The molecule has 2 aromatic heterocycles. The number of rotatable bonds is 7. The third kappa shape index (κ3) is 3.94. The minimum atomic E-state index is -0.566. The summed E-state index contributed by atoms with van der Waals surface area (Å²) in [6.07, 6.45) is 1.09. The number of carbonyl (C=O) groups excluding carboxylic acids is 1. The molecule has 26 heavy (non-hydrogen) atoms. The summed E-state index contributed by atoms with van der Waals surface area (Å²) in [5, 5.41) is 25.0. The standard InChI is InChI=1S/C13H11N7O4S2/c1-24-9-5-3-2-4-8(9)19-13(16-17-18-19)25-7-10(21)15-12-14-6-11(26-12)20(22)23/h2-6H,7H2,1H3,(H,14,15,21). The van der Waals surface area contributed by atoms with E-state index in [4.69, 9.17) is 4.74 Å². The molecule has 0 unspecified atom stereocenters. The fourth-order valence-electron chi connectivity index (χ4n) is 1.92. The third-order valence-corrected chi connectivity index (χ3v) is 4.79. The summed E-state index contributed by atoms with van der Waals surface area (Å²) in [5.41, 5.74) is 0.637. The fourth-order valence-corrected chi connectivity index (χ4v) is 3.25. The lowest BCUT2D eigenvalue weighted by Crippen LogP contribution is -2.14. The number of amides is 1. The van der Waals surface area contributed by atoms with Crippen LogP contribution in [0.5, 0.6) is 5.75 Å². The predicted molar refractivity (Wildman–Crippen MR) is 93.8 cm³/mol. The van der Waals surface area contributed by atoms with Crippen molar-refractivity contribution in [1.29, 1.82) is 0 Å². The van der Waals surface area contributed by atoms with Crippen LogP contribution in [0.15, 0.2) is 35.6 Å². The second-order valence-corrected chi connectivity index (χ2v) is 6.59. The first-order valence-corrected chi connectivity index (χ1v) is 8.83. The van der Waals surface area contributed by atoms with Crippen LogP contribution in [0.25, 0.3) is 5.69 Å². The molecule has 0 atom stereocenters. The number of nitrogens with one attached hydrogen (secondary N) is 1. The summed E-state index contributed by atoms with van der Waals surface area (Å²) in [7, 11) is 1.54. The normalized spacial score (nSPS) is 10.5. The maximum Gasteiger partial charge on any atom is 0.345 e. The van der Waals surface area contributed by atoms with Crippen molar-refractivity contribution in [3.63, 3.8) is 0 Å². The predicted octanol–water partition coefficient (Wildman–Crippen LogP) is 1.77. The summed E-state index contributed by atoms with van der Waals surface area (Å²) >= 11 is 1.89. The smallest absolute Gasteiger partial charge is 0.345 e. The second kappa shape index (κ2) is 7.88. The highest BCUT2D eigenvalue weighted by molar-refractivity contribution is 7.99. The summed E-state index contributed by atoms with van der Waals surface area (Å²) in [6, 6.07) is 7.19. The van der Waals surface area contributed by atoms with E-state index >= 15 is 0 Å². The summed E-state index contributed by atoms with van der Waals surface area (Å²) in [6.45, 7) is 0. The number of thioether (sulfide) groups is 1. The lowest BCUT2D eigenvalue weighted by atomic mass is 10.3. The zero-order valence-electron chi connectivity index (χ0n) is 13.2. The van der Waals surface area contributed by atoms with Gasteiger partial charge in [-0.1, -0.05) is 23.9 Å². The van der Waals surface area contributed by atoms with Crippen LogP contribution in [-0.2, 0) is 4.79 Å². The minimum absolute atomic E-state index is 0.00288. The molecule has 13 heteroatoms. The molecule has 3 aromatic rings. The van der Waals surface area contributed by atoms with Crippen molar-refractivity contribution < 1.29 is 14.5 Å². The quantitative estimate of drug-likeness (QED) is 0.361. The van der Waals surface area contributed by atoms with Crippen LogP contribution < -0.4 is 10.1 Å². The first-order valence-electron chi connectivity index (χ1n) is 7.03. The van der Waals surface area contributed by atoms with Crippen LogP contribution in [0.1, 0.15) is 0 Å². The average molecular weight is 393 g/mol. The molecule has 1 aromatic carbocycles. The number of nitrogens with zero attached hydrogens (tertiary/aromatic N) is 6. The number of anilines is 1. The van der Waals surface area contributed by atoms with Gasteiger partial charge >= 0.3 is 5.00 Å². The highest BCUT2D eigenvalue weighted by Crippen LogP contribution is 2.27. The molecule has 0 aliphatic carbocycles.